The summed E-state index contributed by atoms with van der Waals surface area (Å²) < 4.78 is 0. The van der Waals surface area contributed by atoms with Gasteiger partial charge >= 0.3 is 0 Å². The number of nitrogens with two attached hydrogens (primary N) is 1. The standard InChI is InChI=1S/C9H18N2O2/c1-2-3-4-5-7-11-9-13-12-8-6-10/h11H,2-3,6-10H2,1H3. The molecule has 0 heterocycles. The minimum Gasteiger partial charge on any atom is -0.328 e. The first-order valence-electron chi connectivity index (χ1n) is 4.52. The molecule has 0 aromatic rings. The highest BCUT2D eigenvalue weighted by Crippen LogP contribution is 1.80. The molecule has 0 unspecified atom stereocenters. The van der Waals surface area contributed by atoms with Crippen molar-refractivity contribution in [2.24, 2.45) is 5.73 Å². The van der Waals surface area contributed by atoms with Crippen LogP contribution in [0.15, 0.2) is 0 Å². The van der Waals surface area contributed by atoms with Crippen molar-refractivity contribution in [3.05, 3.63) is 0 Å². The smallest absolute Gasteiger partial charge is 0.133 e. The van der Waals surface area contributed by atoms with Crippen LogP contribution in [-0.2, 0) is 9.78 Å². The fourth-order valence-electron chi connectivity index (χ4n) is 0.580. The largest absolute Gasteiger partial charge is 0.328 e. The first-order valence-corrected chi connectivity index (χ1v) is 4.52. The Balaban J connectivity index is 2.96. The first-order chi connectivity index (χ1) is 6.41. The average molecular weight is 186 g/mol. The Labute approximate surface area is 79.7 Å². The average Bonchev–Trinajstić information content (AvgIpc) is 2.16. The predicted molar refractivity (Wildman–Crippen MR) is 51.6 cm³/mol. The van der Waals surface area contributed by atoms with E-state index in [1.54, 1.807) is 0 Å². The van der Waals surface area contributed by atoms with Gasteiger partial charge in [0.25, 0.3) is 0 Å². The first kappa shape index (κ1) is 12.4. The van der Waals surface area contributed by atoms with E-state index in [2.05, 4.69) is 29.0 Å². The number of rotatable bonds is 7. The zero-order valence-corrected chi connectivity index (χ0v) is 8.14. The quantitative estimate of drug-likeness (QED) is 0.197. The second kappa shape index (κ2) is 11.4. The molecule has 0 aromatic heterocycles. The number of nitrogens with one attached hydrogen (secondary N) is 1. The Bertz CT molecular complexity index is 151. The zero-order chi connectivity index (χ0) is 9.78. The number of unbranched alkanes of at least 4 members (excludes halogenated alkanes) is 1. The molecular formula is C9H18N2O2. The fourth-order valence-corrected chi connectivity index (χ4v) is 0.580. The molecule has 0 fully saturated rings. The summed E-state index contributed by atoms with van der Waals surface area (Å²) >= 11 is 0. The van der Waals surface area contributed by atoms with Gasteiger partial charge in [-0.15, -0.1) is 5.92 Å². The van der Waals surface area contributed by atoms with Crippen LogP contribution in [0.2, 0.25) is 0 Å². The Hall–Kier alpha value is -0.600. The van der Waals surface area contributed by atoms with E-state index in [0.29, 0.717) is 26.4 Å². The summed E-state index contributed by atoms with van der Waals surface area (Å²) in [4.78, 5) is 9.40. The van der Waals surface area contributed by atoms with Gasteiger partial charge in [0, 0.05) is 13.0 Å². The maximum atomic E-state index is 5.18. The van der Waals surface area contributed by atoms with Gasteiger partial charge in [-0.05, 0) is 6.42 Å². The van der Waals surface area contributed by atoms with Crippen molar-refractivity contribution in [3.8, 4) is 11.8 Å². The summed E-state index contributed by atoms with van der Waals surface area (Å²) in [5.74, 6) is 5.96. The van der Waals surface area contributed by atoms with Gasteiger partial charge in [-0.3, -0.25) is 5.32 Å². The summed E-state index contributed by atoms with van der Waals surface area (Å²) in [5, 5.41) is 2.94. The van der Waals surface area contributed by atoms with E-state index in [9.17, 15) is 0 Å². The molecule has 13 heavy (non-hydrogen) atoms. The molecule has 0 saturated heterocycles. The van der Waals surface area contributed by atoms with E-state index >= 15 is 0 Å². The minimum absolute atomic E-state index is 0.348. The predicted octanol–water partition coefficient (Wildman–Crippen LogP) is 0.244. The van der Waals surface area contributed by atoms with E-state index in [0.717, 1.165) is 12.8 Å². The lowest BCUT2D eigenvalue weighted by Crippen LogP contribution is -2.19. The SMILES string of the molecule is CCCC#CCNCOOCCN. The molecule has 0 aliphatic rings. The van der Waals surface area contributed by atoms with Crippen molar-refractivity contribution in [2.45, 2.75) is 19.8 Å². The molecule has 3 N–H and O–H groups in total. The molecule has 0 aliphatic carbocycles. The number of hydrogen-bond acceptors (Lipinski definition) is 4. The molecule has 76 valence electrons. The maximum Gasteiger partial charge on any atom is 0.133 e. The van der Waals surface area contributed by atoms with Gasteiger partial charge in [0.2, 0.25) is 0 Å². The van der Waals surface area contributed by atoms with Gasteiger partial charge in [0.15, 0.2) is 0 Å². The van der Waals surface area contributed by atoms with Crippen molar-refractivity contribution in [2.75, 3.05) is 26.4 Å². The van der Waals surface area contributed by atoms with E-state index < -0.39 is 0 Å². The van der Waals surface area contributed by atoms with Gasteiger partial charge in [-0.1, -0.05) is 12.8 Å². The summed E-state index contributed by atoms with van der Waals surface area (Å²) in [7, 11) is 0. The van der Waals surface area contributed by atoms with Crippen molar-refractivity contribution in [1.29, 1.82) is 0 Å². The third-order valence-corrected chi connectivity index (χ3v) is 1.16. The molecule has 0 rings (SSSR count). The highest BCUT2D eigenvalue weighted by molar-refractivity contribution is 4.99. The summed E-state index contributed by atoms with van der Waals surface area (Å²) in [6.07, 6.45) is 2.05. The topological polar surface area (TPSA) is 56.5 Å². The van der Waals surface area contributed by atoms with E-state index in [-0.39, 0.29) is 0 Å². The van der Waals surface area contributed by atoms with Crippen LogP contribution < -0.4 is 11.1 Å². The van der Waals surface area contributed by atoms with Crippen LogP contribution in [0, 0.1) is 11.8 Å². The second-order valence-corrected chi connectivity index (χ2v) is 2.40. The van der Waals surface area contributed by atoms with Crippen LogP contribution in [0.3, 0.4) is 0 Å². The summed E-state index contributed by atoms with van der Waals surface area (Å²) in [5.41, 5.74) is 5.18. The Morgan fingerprint density at radius 3 is 2.85 bits per heavy atom. The fraction of sp³-hybridized carbons (Fsp3) is 0.778. The molecule has 0 aliphatic heterocycles. The van der Waals surface area contributed by atoms with Crippen LogP contribution in [0.5, 0.6) is 0 Å². The normalized spacial score (nSPS) is 9.38. The van der Waals surface area contributed by atoms with Crippen molar-refractivity contribution >= 4 is 0 Å². The molecule has 0 spiro atoms. The van der Waals surface area contributed by atoms with Gasteiger partial charge in [0.05, 0.1) is 13.2 Å². The van der Waals surface area contributed by atoms with Gasteiger partial charge in [0.1, 0.15) is 6.73 Å². The van der Waals surface area contributed by atoms with Gasteiger partial charge < -0.3 is 5.73 Å². The maximum absolute atomic E-state index is 5.18. The van der Waals surface area contributed by atoms with Crippen LogP contribution in [0.25, 0.3) is 0 Å². The third-order valence-electron chi connectivity index (χ3n) is 1.16. The van der Waals surface area contributed by atoms with Crippen molar-refractivity contribution in [3.63, 3.8) is 0 Å². The molecule has 0 aromatic carbocycles. The second-order valence-electron chi connectivity index (χ2n) is 2.40. The summed E-state index contributed by atoms with van der Waals surface area (Å²) in [6, 6.07) is 0. The highest BCUT2D eigenvalue weighted by Gasteiger charge is 1.84. The van der Waals surface area contributed by atoms with Crippen LogP contribution in [-0.4, -0.2) is 26.4 Å². The Morgan fingerprint density at radius 1 is 1.31 bits per heavy atom. The highest BCUT2D eigenvalue weighted by atomic mass is 17.2. The molecule has 0 saturated carbocycles. The van der Waals surface area contributed by atoms with Gasteiger partial charge in [-0.25, -0.2) is 9.78 Å². The monoisotopic (exact) mass is 186 g/mol. The van der Waals surface area contributed by atoms with Crippen LogP contribution >= 0.6 is 0 Å². The Kier molecular flexibility index (Phi) is 10.9. The van der Waals surface area contributed by atoms with Crippen molar-refractivity contribution in [1.82, 2.24) is 5.32 Å². The van der Waals surface area contributed by atoms with E-state index in [1.165, 1.54) is 0 Å². The lowest BCUT2D eigenvalue weighted by Gasteiger charge is -2.01. The van der Waals surface area contributed by atoms with E-state index in [4.69, 9.17) is 10.6 Å². The molecule has 0 amide bonds. The Morgan fingerprint density at radius 2 is 2.15 bits per heavy atom. The summed E-state index contributed by atoms with van der Waals surface area (Å²) in [6.45, 7) is 3.97. The third kappa shape index (κ3) is 11.4. The molecule has 4 nitrogen and oxygen atoms in total. The van der Waals surface area contributed by atoms with Crippen LogP contribution in [0.4, 0.5) is 0 Å². The van der Waals surface area contributed by atoms with E-state index in [1.807, 2.05) is 0 Å². The minimum atomic E-state index is 0.348. The zero-order valence-electron chi connectivity index (χ0n) is 8.14. The molecule has 0 radical (unpaired) electrons. The molecule has 4 heteroatoms. The lowest BCUT2D eigenvalue weighted by molar-refractivity contribution is -0.296. The molecule has 0 bridgehead atoms. The molecule has 0 atom stereocenters. The number of hydrogen-bond donors (Lipinski definition) is 2. The molecular weight excluding hydrogens is 168 g/mol. The lowest BCUT2D eigenvalue weighted by atomic mass is 10.3. The van der Waals surface area contributed by atoms with Crippen LogP contribution in [0.1, 0.15) is 19.8 Å². The van der Waals surface area contributed by atoms with Gasteiger partial charge in [-0.2, -0.15) is 0 Å². The van der Waals surface area contributed by atoms with Crippen molar-refractivity contribution < 1.29 is 9.78 Å².